The van der Waals surface area contributed by atoms with Crippen molar-refractivity contribution >= 4 is 16.8 Å². The number of carbonyl (C=O) groups is 1. The zero-order valence-electron chi connectivity index (χ0n) is 14.3. The molecule has 3 aromatic rings. The van der Waals surface area contributed by atoms with Crippen molar-refractivity contribution in [3.8, 4) is 11.6 Å². The lowest BCUT2D eigenvalue weighted by Gasteiger charge is -2.15. The summed E-state index contributed by atoms with van der Waals surface area (Å²) in [6.45, 7) is 4.65. The predicted molar refractivity (Wildman–Crippen MR) is 92.6 cm³/mol. The molecule has 6 nitrogen and oxygen atoms in total. The van der Waals surface area contributed by atoms with Gasteiger partial charge in [0.05, 0.1) is 0 Å². The molecule has 0 unspecified atom stereocenters. The maximum atomic E-state index is 11.8. The molecule has 1 N–H and O–H groups in total. The average Bonchev–Trinajstić information content (AvgIpc) is 3.18. The molecule has 0 aliphatic heterocycles. The molecule has 0 saturated carbocycles. The van der Waals surface area contributed by atoms with E-state index in [9.17, 15) is 4.79 Å². The Hall–Kier alpha value is -2.63. The number of carbonyl (C=O) groups excluding carboxylic acids is 1. The third-order valence-corrected chi connectivity index (χ3v) is 4.04. The Morgan fingerprint density at radius 2 is 2.17 bits per heavy atom. The van der Waals surface area contributed by atoms with Crippen molar-refractivity contribution in [2.75, 3.05) is 13.6 Å². The Labute approximate surface area is 140 Å². The van der Waals surface area contributed by atoms with Crippen LogP contribution in [-0.2, 0) is 11.2 Å². The number of likely N-dealkylation sites (N-methyl/N-ethyl adjacent to an activating group) is 1. The summed E-state index contributed by atoms with van der Waals surface area (Å²) in [4.78, 5) is 21.2. The number of H-pyrrole nitrogens is 1. The zero-order valence-corrected chi connectivity index (χ0v) is 14.3. The minimum atomic E-state index is 0.146. The second-order valence-electron chi connectivity index (χ2n) is 6.10. The number of aromatic nitrogens is 3. The van der Waals surface area contributed by atoms with Crippen LogP contribution >= 0.6 is 0 Å². The lowest BCUT2D eigenvalue weighted by molar-refractivity contribution is -0.129. The first kappa shape index (κ1) is 16.2. The highest BCUT2D eigenvalue weighted by Gasteiger charge is 2.13. The van der Waals surface area contributed by atoms with Crippen molar-refractivity contribution in [2.24, 2.45) is 0 Å². The van der Waals surface area contributed by atoms with Crippen molar-refractivity contribution in [3.05, 3.63) is 35.7 Å². The number of rotatable bonds is 6. The standard InChI is InChI=1S/C18H22N4O2/c1-4-5-17(23)22(3)9-8-16-20-18(24-21-16)15-11-13-10-12(2)6-7-14(13)19-15/h6-7,10-11,19H,4-5,8-9H2,1-3H3. The molecule has 126 valence electrons. The molecule has 24 heavy (non-hydrogen) atoms. The number of amides is 1. The fraction of sp³-hybridized carbons (Fsp3) is 0.389. The highest BCUT2D eigenvalue weighted by molar-refractivity contribution is 5.85. The van der Waals surface area contributed by atoms with E-state index in [4.69, 9.17) is 4.52 Å². The molecule has 6 heteroatoms. The number of hydrogen-bond acceptors (Lipinski definition) is 4. The third-order valence-electron chi connectivity index (χ3n) is 4.04. The lowest BCUT2D eigenvalue weighted by atomic mass is 10.2. The normalized spacial score (nSPS) is 11.1. The Morgan fingerprint density at radius 3 is 2.96 bits per heavy atom. The molecule has 0 spiro atoms. The van der Waals surface area contributed by atoms with Crippen molar-refractivity contribution in [1.29, 1.82) is 0 Å². The fourth-order valence-electron chi connectivity index (χ4n) is 2.63. The number of aromatic amines is 1. The van der Waals surface area contributed by atoms with Gasteiger partial charge in [0, 0.05) is 37.3 Å². The van der Waals surface area contributed by atoms with E-state index in [-0.39, 0.29) is 5.91 Å². The average molecular weight is 326 g/mol. The van der Waals surface area contributed by atoms with Gasteiger partial charge in [-0.15, -0.1) is 0 Å². The number of nitrogens with zero attached hydrogens (tertiary/aromatic N) is 3. The van der Waals surface area contributed by atoms with Crippen LogP contribution in [-0.4, -0.2) is 39.5 Å². The van der Waals surface area contributed by atoms with Crippen LogP contribution in [0.1, 0.15) is 31.2 Å². The van der Waals surface area contributed by atoms with E-state index >= 15 is 0 Å². The molecule has 0 bridgehead atoms. The van der Waals surface area contributed by atoms with Crippen LogP contribution in [0.3, 0.4) is 0 Å². The molecule has 0 aliphatic rings. The molecule has 1 aromatic carbocycles. The molecule has 0 atom stereocenters. The van der Waals surface area contributed by atoms with Gasteiger partial charge in [-0.05, 0) is 31.5 Å². The van der Waals surface area contributed by atoms with Crippen molar-refractivity contribution < 1.29 is 9.32 Å². The van der Waals surface area contributed by atoms with Crippen LogP contribution in [0.25, 0.3) is 22.5 Å². The van der Waals surface area contributed by atoms with Gasteiger partial charge in [-0.25, -0.2) is 0 Å². The summed E-state index contributed by atoms with van der Waals surface area (Å²) in [5, 5.41) is 5.13. The number of hydrogen-bond donors (Lipinski definition) is 1. The minimum absolute atomic E-state index is 0.146. The van der Waals surface area contributed by atoms with E-state index < -0.39 is 0 Å². The molecule has 1 amide bonds. The SMILES string of the molecule is CCCC(=O)N(C)CCc1noc(-c2cc3cc(C)ccc3[nH]2)n1. The van der Waals surface area contributed by atoms with Gasteiger partial charge in [0.1, 0.15) is 5.69 Å². The van der Waals surface area contributed by atoms with Crippen LogP contribution in [0.2, 0.25) is 0 Å². The molecule has 0 aliphatic carbocycles. The van der Waals surface area contributed by atoms with Gasteiger partial charge in [0.2, 0.25) is 5.91 Å². The molecule has 0 fully saturated rings. The summed E-state index contributed by atoms with van der Waals surface area (Å²) in [5.74, 6) is 1.23. The quantitative estimate of drug-likeness (QED) is 0.754. The molecule has 2 aromatic heterocycles. The molecule has 3 rings (SSSR count). The smallest absolute Gasteiger partial charge is 0.274 e. The molecule has 0 radical (unpaired) electrons. The van der Waals surface area contributed by atoms with Gasteiger partial charge in [-0.3, -0.25) is 4.79 Å². The van der Waals surface area contributed by atoms with Crippen LogP contribution < -0.4 is 0 Å². The summed E-state index contributed by atoms with van der Waals surface area (Å²) in [6.07, 6.45) is 2.01. The second kappa shape index (κ2) is 6.86. The Kier molecular flexibility index (Phi) is 4.64. The number of benzene rings is 1. The van der Waals surface area contributed by atoms with Crippen LogP contribution in [0.4, 0.5) is 0 Å². The van der Waals surface area contributed by atoms with Crippen molar-refractivity contribution in [1.82, 2.24) is 20.0 Å². The Bertz CT molecular complexity index is 850. The summed E-state index contributed by atoms with van der Waals surface area (Å²) in [7, 11) is 1.80. The van der Waals surface area contributed by atoms with Gasteiger partial charge in [0.15, 0.2) is 5.82 Å². The van der Waals surface area contributed by atoms with E-state index in [1.54, 1.807) is 11.9 Å². The monoisotopic (exact) mass is 326 g/mol. The van der Waals surface area contributed by atoms with Gasteiger partial charge < -0.3 is 14.4 Å². The maximum Gasteiger partial charge on any atom is 0.274 e. The topological polar surface area (TPSA) is 75.0 Å². The van der Waals surface area contributed by atoms with E-state index in [2.05, 4.69) is 34.2 Å². The van der Waals surface area contributed by atoms with Gasteiger partial charge >= 0.3 is 0 Å². The van der Waals surface area contributed by atoms with E-state index in [1.165, 1.54) is 5.56 Å². The first-order chi connectivity index (χ1) is 11.6. The second-order valence-corrected chi connectivity index (χ2v) is 6.10. The number of aryl methyl sites for hydroxylation is 1. The number of nitrogens with one attached hydrogen (secondary N) is 1. The summed E-state index contributed by atoms with van der Waals surface area (Å²) < 4.78 is 5.35. The fourth-order valence-corrected chi connectivity index (χ4v) is 2.63. The van der Waals surface area contributed by atoms with E-state index in [1.807, 2.05) is 19.1 Å². The van der Waals surface area contributed by atoms with Crippen LogP contribution in [0.15, 0.2) is 28.8 Å². The van der Waals surface area contributed by atoms with Gasteiger partial charge in [-0.1, -0.05) is 23.7 Å². The molecule has 0 saturated heterocycles. The van der Waals surface area contributed by atoms with Crippen molar-refractivity contribution in [2.45, 2.75) is 33.1 Å². The highest BCUT2D eigenvalue weighted by atomic mass is 16.5. The van der Waals surface area contributed by atoms with Crippen LogP contribution in [0, 0.1) is 6.92 Å². The summed E-state index contributed by atoms with van der Waals surface area (Å²) in [6, 6.07) is 8.22. The third kappa shape index (κ3) is 3.48. The first-order valence-electron chi connectivity index (χ1n) is 8.23. The van der Waals surface area contributed by atoms with Crippen LogP contribution in [0.5, 0.6) is 0 Å². The highest BCUT2D eigenvalue weighted by Crippen LogP contribution is 2.23. The minimum Gasteiger partial charge on any atom is -0.351 e. The summed E-state index contributed by atoms with van der Waals surface area (Å²) in [5.41, 5.74) is 3.06. The predicted octanol–water partition coefficient (Wildman–Crippen LogP) is 3.33. The molecular weight excluding hydrogens is 304 g/mol. The van der Waals surface area contributed by atoms with E-state index in [0.29, 0.717) is 31.1 Å². The Balaban J connectivity index is 1.69. The molecule has 2 heterocycles. The maximum absolute atomic E-state index is 11.8. The van der Waals surface area contributed by atoms with Gasteiger partial charge in [-0.2, -0.15) is 4.98 Å². The Morgan fingerprint density at radius 1 is 1.33 bits per heavy atom. The van der Waals surface area contributed by atoms with Gasteiger partial charge in [0.25, 0.3) is 5.89 Å². The summed E-state index contributed by atoms with van der Waals surface area (Å²) >= 11 is 0. The lowest BCUT2D eigenvalue weighted by Crippen LogP contribution is -2.28. The van der Waals surface area contributed by atoms with Crippen molar-refractivity contribution in [3.63, 3.8) is 0 Å². The number of fused-ring (bicyclic) bond motifs is 1. The first-order valence-corrected chi connectivity index (χ1v) is 8.23. The molecular formula is C18H22N4O2. The van der Waals surface area contributed by atoms with E-state index in [0.717, 1.165) is 23.0 Å². The largest absolute Gasteiger partial charge is 0.351 e. The zero-order chi connectivity index (χ0) is 17.1.